The fraction of sp³-hybridized carbons (Fsp3) is 0. The van der Waals surface area contributed by atoms with Crippen molar-refractivity contribution < 1.29 is 9.18 Å². The Bertz CT molecular complexity index is 545. The van der Waals surface area contributed by atoms with E-state index in [-0.39, 0.29) is 5.56 Å². The van der Waals surface area contributed by atoms with Crippen LogP contribution in [0.15, 0.2) is 47.1 Å². The molecule has 17 heavy (non-hydrogen) atoms. The van der Waals surface area contributed by atoms with E-state index in [0.29, 0.717) is 10.3 Å². The van der Waals surface area contributed by atoms with Gasteiger partial charge in [-0.2, -0.15) is 0 Å². The van der Waals surface area contributed by atoms with Gasteiger partial charge in [0.05, 0.1) is 5.56 Å². The molecule has 3 nitrogen and oxygen atoms in total. The van der Waals surface area contributed by atoms with E-state index in [9.17, 15) is 9.18 Å². The Kier molecular flexibility index (Phi) is 3.49. The minimum absolute atomic E-state index is 0.0150. The molecule has 1 N–H and O–H groups in total. The largest absolute Gasteiger partial charge is 0.306 e. The third-order valence-electron chi connectivity index (χ3n) is 2.08. The molecular weight excluding hydrogens is 287 g/mol. The van der Waals surface area contributed by atoms with E-state index < -0.39 is 11.7 Å². The van der Waals surface area contributed by atoms with E-state index >= 15 is 0 Å². The van der Waals surface area contributed by atoms with Crippen molar-refractivity contribution in [3.8, 4) is 0 Å². The lowest BCUT2D eigenvalue weighted by atomic mass is 10.2. The highest BCUT2D eigenvalue weighted by molar-refractivity contribution is 9.10. The van der Waals surface area contributed by atoms with Crippen molar-refractivity contribution in [1.29, 1.82) is 0 Å². The topological polar surface area (TPSA) is 42.0 Å². The van der Waals surface area contributed by atoms with E-state index in [0.717, 1.165) is 0 Å². The number of amides is 1. The van der Waals surface area contributed by atoms with E-state index in [1.165, 1.54) is 12.1 Å². The van der Waals surface area contributed by atoms with Gasteiger partial charge in [0.25, 0.3) is 5.91 Å². The van der Waals surface area contributed by atoms with Gasteiger partial charge < -0.3 is 5.32 Å². The zero-order chi connectivity index (χ0) is 12.3. The van der Waals surface area contributed by atoms with Crippen LogP contribution in [0.4, 0.5) is 10.2 Å². The molecule has 86 valence electrons. The second kappa shape index (κ2) is 5.05. The van der Waals surface area contributed by atoms with Crippen molar-refractivity contribution in [2.24, 2.45) is 0 Å². The summed E-state index contributed by atoms with van der Waals surface area (Å²) < 4.78 is 14.1. The first kappa shape index (κ1) is 11.7. The number of benzene rings is 1. The summed E-state index contributed by atoms with van der Waals surface area (Å²) in [5.41, 5.74) is -0.0150. The quantitative estimate of drug-likeness (QED) is 0.924. The Labute approximate surface area is 106 Å². The molecule has 1 amide bonds. The van der Waals surface area contributed by atoms with Crippen LogP contribution in [0.3, 0.4) is 0 Å². The summed E-state index contributed by atoms with van der Waals surface area (Å²) >= 11 is 3.13. The smallest absolute Gasteiger partial charge is 0.259 e. The van der Waals surface area contributed by atoms with Crippen LogP contribution in [0.1, 0.15) is 10.4 Å². The molecule has 0 saturated heterocycles. The van der Waals surface area contributed by atoms with Gasteiger partial charge in [0.2, 0.25) is 0 Å². The minimum atomic E-state index is -0.576. The molecule has 2 rings (SSSR count). The predicted octanol–water partition coefficient (Wildman–Crippen LogP) is 3.24. The van der Waals surface area contributed by atoms with Gasteiger partial charge in [-0.15, -0.1) is 0 Å². The van der Waals surface area contributed by atoms with Crippen molar-refractivity contribution in [2.45, 2.75) is 0 Å². The lowest BCUT2D eigenvalue weighted by Crippen LogP contribution is -2.14. The van der Waals surface area contributed by atoms with E-state index in [4.69, 9.17) is 0 Å². The van der Waals surface area contributed by atoms with Crippen LogP contribution < -0.4 is 5.32 Å². The van der Waals surface area contributed by atoms with E-state index in [1.807, 2.05) is 0 Å². The minimum Gasteiger partial charge on any atom is -0.306 e. The van der Waals surface area contributed by atoms with Crippen molar-refractivity contribution in [3.63, 3.8) is 0 Å². The van der Waals surface area contributed by atoms with Gasteiger partial charge in [-0.3, -0.25) is 4.79 Å². The van der Waals surface area contributed by atoms with Crippen LogP contribution in [-0.4, -0.2) is 10.9 Å². The molecule has 2 aromatic rings. The third kappa shape index (κ3) is 2.88. The molecule has 0 radical (unpaired) electrons. The monoisotopic (exact) mass is 294 g/mol. The molecule has 0 saturated carbocycles. The number of nitrogens with one attached hydrogen (secondary N) is 1. The maximum absolute atomic E-state index is 13.5. The van der Waals surface area contributed by atoms with Gasteiger partial charge in [0.1, 0.15) is 11.6 Å². The molecule has 0 aliphatic carbocycles. The Hall–Kier alpha value is -1.75. The molecule has 5 heteroatoms. The van der Waals surface area contributed by atoms with Gasteiger partial charge >= 0.3 is 0 Å². The van der Waals surface area contributed by atoms with Crippen molar-refractivity contribution >= 4 is 27.7 Å². The number of nitrogens with zero attached hydrogens (tertiary/aromatic N) is 1. The number of hydrogen-bond donors (Lipinski definition) is 1. The Morgan fingerprint density at radius 1 is 1.29 bits per heavy atom. The first-order valence-electron chi connectivity index (χ1n) is 4.84. The van der Waals surface area contributed by atoms with Crippen LogP contribution in [0.5, 0.6) is 0 Å². The number of pyridine rings is 1. The van der Waals surface area contributed by atoms with Gasteiger partial charge in [0, 0.05) is 10.7 Å². The van der Waals surface area contributed by atoms with Crippen molar-refractivity contribution in [2.75, 3.05) is 5.32 Å². The molecule has 0 spiro atoms. The molecule has 1 heterocycles. The first-order valence-corrected chi connectivity index (χ1v) is 5.63. The summed E-state index contributed by atoms with van der Waals surface area (Å²) in [6.07, 6.45) is 1.55. The third-order valence-corrected chi connectivity index (χ3v) is 2.58. The Balaban J connectivity index is 2.21. The normalized spacial score (nSPS) is 10.0. The van der Waals surface area contributed by atoms with E-state index in [2.05, 4.69) is 26.2 Å². The maximum atomic E-state index is 13.5. The highest BCUT2D eigenvalue weighted by atomic mass is 79.9. The number of carbonyl (C=O) groups is 1. The van der Waals surface area contributed by atoms with E-state index in [1.54, 1.807) is 30.5 Å². The summed E-state index contributed by atoms with van der Waals surface area (Å²) in [4.78, 5) is 15.7. The summed E-state index contributed by atoms with van der Waals surface area (Å²) in [7, 11) is 0. The number of aromatic nitrogens is 1. The standard InChI is InChI=1S/C12H8BrFN2O/c13-8-4-5-9(10(14)7-8)12(17)16-11-3-1-2-6-15-11/h1-7H,(H,15,16,17). The molecule has 1 aromatic carbocycles. The van der Waals surface area contributed by atoms with Gasteiger partial charge in [-0.1, -0.05) is 22.0 Å². The summed E-state index contributed by atoms with van der Waals surface area (Å²) in [6.45, 7) is 0. The van der Waals surface area contributed by atoms with Crippen molar-refractivity contribution in [3.05, 3.63) is 58.4 Å². The fourth-order valence-electron chi connectivity index (χ4n) is 1.29. The number of anilines is 1. The molecule has 1 aromatic heterocycles. The highest BCUT2D eigenvalue weighted by Gasteiger charge is 2.12. The maximum Gasteiger partial charge on any atom is 0.259 e. The second-order valence-electron chi connectivity index (χ2n) is 3.29. The second-order valence-corrected chi connectivity index (χ2v) is 4.21. The predicted molar refractivity (Wildman–Crippen MR) is 66.3 cm³/mol. The summed E-state index contributed by atoms with van der Waals surface area (Å²) in [5.74, 6) is -0.707. The average molecular weight is 295 g/mol. The fourth-order valence-corrected chi connectivity index (χ4v) is 1.63. The number of hydrogen-bond acceptors (Lipinski definition) is 2. The number of carbonyl (C=O) groups excluding carboxylic acids is 1. The number of rotatable bonds is 2. The molecular formula is C12H8BrFN2O. The molecule has 0 unspecified atom stereocenters. The number of halogens is 2. The molecule has 0 atom stereocenters. The molecule has 0 bridgehead atoms. The molecule has 0 fully saturated rings. The first-order chi connectivity index (χ1) is 8.16. The summed E-state index contributed by atoms with van der Waals surface area (Å²) in [6, 6.07) is 9.37. The van der Waals surface area contributed by atoms with Gasteiger partial charge in [0.15, 0.2) is 0 Å². The Morgan fingerprint density at radius 3 is 2.76 bits per heavy atom. The van der Waals surface area contributed by atoms with Gasteiger partial charge in [-0.05, 0) is 30.3 Å². The zero-order valence-electron chi connectivity index (χ0n) is 8.65. The molecule has 0 aliphatic heterocycles. The van der Waals surface area contributed by atoms with Crippen molar-refractivity contribution in [1.82, 2.24) is 4.98 Å². The van der Waals surface area contributed by atoms with Crippen LogP contribution in [0.25, 0.3) is 0 Å². The van der Waals surface area contributed by atoms with Crippen LogP contribution in [0, 0.1) is 5.82 Å². The Morgan fingerprint density at radius 2 is 2.12 bits per heavy atom. The van der Waals surface area contributed by atoms with Crippen LogP contribution >= 0.6 is 15.9 Å². The summed E-state index contributed by atoms with van der Waals surface area (Å²) in [5, 5.41) is 2.51. The highest BCUT2D eigenvalue weighted by Crippen LogP contribution is 2.16. The zero-order valence-corrected chi connectivity index (χ0v) is 10.2. The average Bonchev–Trinajstić information content (AvgIpc) is 2.30. The molecule has 0 aliphatic rings. The SMILES string of the molecule is O=C(Nc1ccccn1)c1ccc(Br)cc1F. The van der Waals surface area contributed by atoms with Crippen LogP contribution in [-0.2, 0) is 0 Å². The van der Waals surface area contributed by atoms with Crippen LogP contribution in [0.2, 0.25) is 0 Å². The lowest BCUT2D eigenvalue weighted by Gasteiger charge is -2.05. The van der Waals surface area contributed by atoms with Gasteiger partial charge in [-0.25, -0.2) is 9.37 Å². The lowest BCUT2D eigenvalue weighted by molar-refractivity contribution is 0.102.